The van der Waals surface area contributed by atoms with E-state index in [-0.39, 0.29) is 11.8 Å². The third kappa shape index (κ3) is 6.40. The van der Waals surface area contributed by atoms with Gasteiger partial charge in [-0.15, -0.1) is 0 Å². The Morgan fingerprint density at radius 2 is 1.81 bits per heavy atom. The van der Waals surface area contributed by atoms with Crippen LogP contribution in [-0.4, -0.2) is 28.6 Å². The van der Waals surface area contributed by atoms with Crippen LogP contribution in [0.15, 0.2) is 30.3 Å². The number of aliphatic hydroxyl groups excluding tert-OH is 1. The highest BCUT2D eigenvalue weighted by Crippen LogP contribution is 2.26. The van der Waals surface area contributed by atoms with Crippen LogP contribution >= 0.6 is 0 Å². The molecule has 0 aliphatic rings. The van der Waals surface area contributed by atoms with Gasteiger partial charge in [0.15, 0.2) is 6.10 Å². The number of nitrogens with one attached hydrogen (secondary N) is 1. The van der Waals surface area contributed by atoms with Gasteiger partial charge in [-0.25, -0.2) is 0 Å². The lowest BCUT2D eigenvalue weighted by Gasteiger charge is -2.24. The van der Waals surface area contributed by atoms with Crippen molar-refractivity contribution < 1.29 is 19.8 Å². The van der Waals surface area contributed by atoms with Gasteiger partial charge in [0.2, 0.25) is 0 Å². The molecule has 0 saturated heterocycles. The second-order valence-corrected chi connectivity index (χ2v) is 5.91. The molecular formula is C16H23NO4. The van der Waals surface area contributed by atoms with E-state index in [2.05, 4.69) is 5.32 Å². The van der Waals surface area contributed by atoms with Gasteiger partial charge in [0.05, 0.1) is 0 Å². The highest BCUT2D eigenvalue weighted by molar-refractivity contribution is 5.81. The van der Waals surface area contributed by atoms with Gasteiger partial charge in [0.1, 0.15) is 0 Å². The lowest BCUT2D eigenvalue weighted by Crippen LogP contribution is -2.32. The summed E-state index contributed by atoms with van der Waals surface area (Å²) >= 11 is 0. The van der Waals surface area contributed by atoms with Crippen molar-refractivity contribution in [2.45, 2.75) is 39.2 Å². The van der Waals surface area contributed by atoms with E-state index in [1.165, 1.54) is 0 Å². The van der Waals surface area contributed by atoms with Crippen molar-refractivity contribution in [2.24, 2.45) is 5.41 Å². The molecule has 0 radical (unpaired) electrons. The molecule has 1 aromatic carbocycles. The van der Waals surface area contributed by atoms with Gasteiger partial charge in [-0.1, -0.05) is 44.2 Å². The van der Waals surface area contributed by atoms with Crippen LogP contribution in [-0.2, 0) is 9.59 Å². The van der Waals surface area contributed by atoms with Gasteiger partial charge < -0.3 is 15.5 Å². The molecule has 1 aromatic rings. The molecule has 5 heteroatoms. The van der Waals surface area contributed by atoms with Crippen LogP contribution in [0.4, 0.5) is 0 Å². The van der Waals surface area contributed by atoms with Crippen molar-refractivity contribution in [2.75, 3.05) is 6.54 Å². The summed E-state index contributed by atoms with van der Waals surface area (Å²) in [5, 5.41) is 21.3. The third-order valence-corrected chi connectivity index (χ3v) is 3.48. The van der Waals surface area contributed by atoms with Gasteiger partial charge in [-0.05, 0) is 23.8 Å². The second kappa shape index (κ2) is 7.78. The quantitative estimate of drug-likeness (QED) is 0.685. The zero-order chi connectivity index (χ0) is 15.9. The monoisotopic (exact) mass is 293 g/mol. The van der Waals surface area contributed by atoms with Crippen molar-refractivity contribution in [1.82, 2.24) is 5.32 Å². The molecule has 1 atom stereocenters. The molecule has 0 aliphatic carbocycles. The third-order valence-electron chi connectivity index (χ3n) is 3.48. The maximum atomic E-state index is 11.8. The van der Waals surface area contributed by atoms with Crippen LogP contribution in [0.2, 0.25) is 0 Å². The maximum Gasteiger partial charge on any atom is 0.303 e. The van der Waals surface area contributed by atoms with Gasteiger partial charge in [0, 0.05) is 13.0 Å². The summed E-state index contributed by atoms with van der Waals surface area (Å²) in [5.41, 5.74) is 0.392. The highest BCUT2D eigenvalue weighted by Gasteiger charge is 2.21. The lowest BCUT2D eigenvalue weighted by molar-refractivity contribution is -0.137. The zero-order valence-corrected chi connectivity index (χ0v) is 12.5. The summed E-state index contributed by atoms with van der Waals surface area (Å²) in [6.45, 7) is 4.35. The predicted octanol–water partition coefficient (Wildman–Crippen LogP) is 2.12. The second-order valence-electron chi connectivity index (χ2n) is 5.91. The average molecular weight is 293 g/mol. The Morgan fingerprint density at radius 1 is 1.19 bits per heavy atom. The Bertz CT molecular complexity index is 470. The van der Waals surface area contributed by atoms with E-state index in [1.54, 1.807) is 24.3 Å². The number of carbonyl (C=O) groups is 2. The summed E-state index contributed by atoms with van der Waals surface area (Å²) in [6, 6.07) is 8.74. The maximum absolute atomic E-state index is 11.8. The number of aliphatic carboxylic acids is 1. The van der Waals surface area contributed by atoms with Crippen molar-refractivity contribution >= 4 is 11.9 Å². The zero-order valence-electron chi connectivity index (χ0n) is 12.5. The predicted molar refractivity (Wildman–Crippen MR) is 79.7 cm³/mol. The van der Waals surface area contributed by atoms with Crippen molar-refractivity contribution in [1.29, 1.82) is 0 Å². The first-order valence-corrected chi connectivity index (χ1v) is 7.04. The van der Waals surface area contributed by atoms with Crippen LogP contribution in [0.3, 0.4) is 0 Å². The van der Waals surface area contributed by atoms with E-state index in [0.717, 1.165) is 0 Å². The molecule has 1 amide bonds. The van der Waals surface area contributed by atoms with Crippen LogP contribution in [0.25, 0.3) is 0 Å². The summed E-state index contributed by atoms with van der Waals surface area (Å²) in [7, 11) is 0. The van der Waals surface area contributed by atoms with E-state index in [9.17, 15) is 14.7 Å². The first-order valence-electron chi connectivity index (χ1n) is 7.04. The summed E-state index contributed by atoms with van der Waals surface area (Å²) < 4.78 is 0. The number of benzene rings is 1. The van der Waals surface area contributed by atoms with Gasteiger partial charge in [-0.3, -0.25) is 9.59 Å². The molecule has 116 valence electrons. The molecule has 0 aliphatic heterocycles. The largest absolute Gasteiger partial charge is 0.481 e. The fourth-order valence-electron chi connectivity index (χ4n) is 1.98. The molecule has 1 rings (SSSR count). The number of rotatable bonds is 8. The highest BCUT2D eigenvalue weighted by atomic mass is 16.4. The number of carboxylic acids is 1. The Morgan fingerprint density at radius 3 is 2.38 bits per heavy atom. The van der Waals surface area contributed by atoms with E-state index < -0.39 is 18.0 Å². The van der Waals surface area contributed by atoms with Crippen LogP contribution in [0, 0.1) is 5.41 Å². The van der Waals surface area contributed by atoms with Crippen molar-refractivity contribution in [3.63, 3.8) is 0 Å². The Balaban J connectivity index is 2.38. The topological polar surface area (TPSA) is 86.6 Å². The normalized spacial score (nSPS) is 12.7. The minimum Gasteiger partial charge on any atom is -0.481 e. The van der Waals surface area contributed by atoms with E-state index >= 15 is 0 Å². The van der Waals surface area contributed by atoms with E-state index in [0.29, 0.717) is 24.9 Å². The molecule has 0 heterocycles. The molecule has 0 spiro atoms. The average Bonchev–Trinajstić information content (AvgIpc) is 2.45. The summed E-state index contributed by atoms with van der Waals surface area (Å²) in [6.07, 6.45) is 0.161. The first-order chi connectivity index (χ1) is 9.82. The fraction of sp³-hybridized carbons (Fsp3) is 0.500. The summed E-state index contributed by atoms with van der Waals surface area (Å²) in [4.78, 5) is 22.4. The Kier molecular flexibility index (Phi) is 6.37. The molecule has 0 fully saturated rings. The molecule has 0 aromatic heterocycles. The first kappa shape index (κ1) is 17.2. The molecule has 5 nitrogen and oxygen atoms in total. The molecular weight excluding hydrogens is 270 g/mol. The van der Waals surface area contributed by atoms with Gasteiger partial charge in [-0.2, -0.15) is 0 Å². The smallest absolute Gasteiger partial charge is 0.303 e. The van der Waals surface area contributed by atoms with Crippen LogP contribution in [0.5, 0.6) is 0 Å². The lowest BCUT2D eigenvalue weighted by atomic mass is 9.84. The number of carbonyl (C=O) groups excluding carboxylic acids is 1. The Hall–Kier alpha value is -1.88. The van der Waals surface area contributed by atoms with Crippen LogP contribution < -0.4 is 5.32 Å². The molecule has 0 saturated carbocycles. The van der Waals surface area contributed by atoms with Gasteiger partial charge in [0.25, 0.3) is 5.91 Å². The van der Waals surface area contributed by atoms with Gasteiger partial charge >= 0.3 is 5.97 Å². The molecule has 0 bridgehead atoms. The number of hydrogen-bond acceptors (Lipinski definition) is 3. The Labute approximate surface area is 125 Å². The number of aliphatic hydroxyl groups is 1. The number of amides is 1. The number of carboxylic acid groups (broad SMARTS) is 1. The fourth-order valence-corrected chi connectivity index (χ4v) is 1.98. The van der Waals surface area contributed by atoms with Crippen LogP contribution in [0.1, 0.15) is 44.8 Å². The molecule has 1 unspecified atom stereocenters. The minimum absolute atomic E-state index is 0.119. The van der Waals surface area contributed by atoms with Crippen molar-refractivity contribution in [3.05, 3.63) is 35.9 Å². The SMILES string of the molecule is CC(C)(CCNC(=O)C(O)c1ccccc1)CCC(=O)O. The molecule has 3 N–H and O–H groups in total. The number of hydrogen-bond donors (Lipinski definition) is 3. The minimum atomic E-state index is -1.17. The van der Waals surface area contributed by atoms with E-state index in [1.807, 2.05) is 19.9 Å². The summed E-state index contributed by atoms with van der Waals surface area (Å²) in [5.74, 6) is -1.25. The molecule has 21 heavy (non-hydrogen) atoms. The van der Waals surface area contributed by atoms with Crippen molar-refractivity contribution in [3.8, 4) is 0 Å². The standard InChI is InChI=1S/C16H23NO4/c1-16(2,9-8-13(18)19)10-11-17-15(21)14(20)12-6-4-3-5-7-12/h3-7,14,20H,8-11H2,1-2H3,(H,17,21)(H,18,19). The van der Waals surface area contributed by atoms with E-state index in [4.69, 9.17) is 5.11 Å².